The Bertz CT molecular complexity index is 160. The zero-order valence-corrected chi connectivity index (χ0v) is 11.5. The third-order valence-electron chi connectivity index (χ3n) is 3.86. The van der Waals surface area contributed by atoms with Gasteiger partial charge < -0.3 is 10.2 Å². The Labute approximate surface area is 102 Å². The van der Waals surface area contributed by atoms with Crippen LogP contribution in [0.1, 0.15) is 58.8 Å². The fourth-order valence-electron chi connectivity index (χ4n) is 2.38. The molecule has 0 bridgehead atoms. The second-order valence-electron chi connectivity index (χ2n) is 5.57. The van der Waals surface area contributed by atoms with Gasteiger partial charge in [-0.25, -0.2) is 0 Å². The van der Waals surface area contributed by atoms with Gasteiger partial charge in [-0.3, -0.25) is 0 Å². The quantitative estimate of drug-likeness (QED) is 0.553. The normalized spacial score (nSPS) is 19.3. The standard InChI is InChI=1S/C14H30N2/c1-13(2)16(3)12-8-11-15-14-9-6-4-5-7-10-14/h13-15H,4-12H2,1-3H3. The van der Waals surface area contributed by atoms with Crippen molar-refractivity contribution in [3.05, 3.63) is 0 Å². The van der Waals surface area contributed by atoms with E-state index in [0.717, 1.165) is 6.04 Å². The molecule has 2 nitrogen and oxygen atoms in total. The lowest BCUT2D eigenvalue weighted by molar-refractivity contribution is 0.267. The topological polar surface area (TPSA) is 15.3 Å². The molecule has 16 heavy (non-hydrogen) atoms. The third kappa shape index (κ3) is 5.86. The molecule has 0 radical (unpaired) electrons. The molecule has 1 rings (SSSR count). The van der Waals surface area contributed by atoms with Gasteiger partial charge in [0.2, 0.25) is 0 Å². The summed E-state index contributed by atoms with van der Waals surface area (Å²) in [6, 6.07) is 1.49. The van der Waals surface area contributed by atoms with E-state index in [4.69, 9.17) is 0 Å². The first-order valence-corrected chi connectivity index (χ1v) is 7.14. The lowest BCUT2D eigenvalue weighted by atomic mass is 10.1. The van der Waals surface area contributed by atoms with Crippen molar-refractivity contribution in [3.63, 3.8) is 0 Å². The fraction of sp³-hybridized carbons (Fsp3) is 1.00. The summed E-state index contributed by atoms with van der Waals surface area (Å²) >= 11 is 0. The molecule has 0 amide bonds. The number of nitrogens with zero attached hydrogens (tertiary/aromatic N) is 1. The van der Waals surface area contributed by atoms with Gasteiger partial charge >= 0.3 is 0 Å². The van der Waals surface area contributed by atoms with E-state index in [-0.39, 0.29) is 0 Å². The first kappa shape index (κ1) is 14.0. The van der Waals surface area contributed by atoms with Gasteiger partial charge in [-0.1, -0.05) is 25.7 Å². The van der Waals surface area contributed by atoms with Crippen LogP contribution in [0.15, 0.2) is 0 Å². The molecule has 0 saturated heterocycles. The molecule has 0 atom stereocenters. The van der Waals surface area contributed by atoms with Crippen LogP contribution < -0.4 is 5.32 Å². The molecule has 1 N–H and O–H groups in total. The molecule has 2 heteroatoms. The smallest absolute Gasteiger partial charge is 0.00670 e. The van der Waals surface area contributed by atoms with E-state index < -0.39 is 0 Å². The van der Waals surface area contributed by atoms with Crippen molar-refractivity contribution in [1.82, 2.24) is 10.2 Å². The maximum absolute atomic E-state index is 3.73. The summed E-state index contributed by atoms with van der Waals surface area (Å²) in [5.41, 5.74) is 0. The molecule has 0 aliphatic heterocycles. The number of rotatable bonds is 6. The van der Waals surface area contributed by atoms with E-state index in [9.17, 15) is 0 Å². The van der Waals surface area contributed by atoms with Crippen LogP contribution in [0.2, 0.25) is 0 Å². The van der Waals surface area contributed by atoms with Crippen molar-refractivity contribution in [3.8, 4) is 0 Å². The SMILES string of the molecule is CC(C)N(C)CCCNC1CCCCCC1. The van der Waals surface area contributed by atoms with Gasteiger partial charge in [0.05, 0.1) is 0 Å². The van der Waals surface area contributed by atoms with Crippen molar-refractivity contribution in [2.75, 3.05) is 20.1 Å². The predicted molar refractivity (Wildman–Crippen MR) is 71.9 cm³/mol. The number of hydrogen-bond acceptors (Lipinski definition) is 2. The molecular weight excluding hydrogens is 196 g/mol. The fourth-order valence-corrected chi connectivity index (χ4v) is 2.38. The molecule has 0 spiro atoms. The Morgan fingerprint density at radius 2 is 1.75 bits per heavy atom. The highest BCUT2D eigenvalue weighted by Crippen LogP contribution is 2.16. The van der Waals surface area contributed by atoms with E-state index in [1.165, 1.54) is 58.0 Å². The van der Waals surface area contributed by atoms with Gasteiger partial charge in [0.1, 0.15) is 0 Å². The molecule has 0 aromatic carbocycles. The van der Waals surface area contributed by atoms with Gasteiger partial charge in [-0.15, -0.1) is 0 Å². The molecule has 1 saturated carbocycles. The van der Waals surface area contributed by atoms with E-state index in [1.54, 1.807) is 0 Å². The van der Waals surface area contributed by atoms with Crippen molar-refractivity contribution in [2.45, 2.75) is 70.9 Å². The van der Waals surface area contributed by atoms with Crippen LogP contribution in [-0.4, -0.2) is 37.1 Å². The van der Waals surface area contributed by atoms with Gasteiger partial charge in [-0.05, 0) is 53.2 Å². The maximum Gasteiger partial charge on any atom is 0.00670 e. The molecular formula is C14H30N2. The Hall–Kier alpha value is -0.0800. The Balaban J connectivity index is 2.01. The van der Waals surface area contributed by atoms with E-state index in [2.05, 4.69) is 31.1 Å². The zero-order valence-electron chi connectivity index (χ0n) is 11.5. The minimum absolute atomic E-state index is 0.679. The van der Waals surface area contributed by atoms with Crippen molar-refractivity contribution in [2.24, 2.45) is 0 Å². The summed E-state index contributed by atoms with van der Waals surface area (Å²) in [4.78, 5) is 2.43. The average Bonchev–Trinajstić information content (AvgIpc) is 2.52. The Morgan fingerprint density at radius 3 is 2.31 bits per heavy atom. The van der Waals surface area contributed by atoms with E-state index >= 15 is 0 Å². The molecule has 0 heterocycles. The molecule has 1 aliphatic rings. The first-order chi connectivity index (χ1) is 7.70. The second-order valence-corrected chi connectivity index (χ2v) is 5.57. The summed E-state index contributed by atoms with van der Waals surface area (Å²) in [5.74, 6) is 0. The first-order valence-electron chi connectivity index (χ1n) is 7.14. The monoisotopic (exact) mass is 226 g/mol. The molecule has 0 aromatic rings. The van der Waals surface area contributed by atoms with E-state index in [1.807, 2.05) is 0 Å². The Kier molecular flexibility index (Phi) is 7.06. The largest absolute Gasteiger partial charge is 0.314 e. The van der Waals surface area contributed by atoms with Gasteiger partial charge in [0, 0.05) is 12.1 Å². The average molecular weight is 226 g/mol. The minimum atomic E-state index is 0.679. The highest BCUT2D eigenvalue weighted by molar-refractivity contribution is 4.70. The van der Waals surface area contributed by atoms with Gasteiger partial charge in [-0.2, -0.15) is 0 Å². The highest BCUT2D eigenvalue weighted by atomic mass is 15.1. The minimum Gasteiger partial charge on any atom is -0.314 e. The molecule has 0 aromatic heterocycles. The molecule has 0 unspecified atom stereocenters. The van der Waals surface area contributed by atoms with Crippen molar-refractivity contribution >= 4 is 0 Å². The van der Waals surface area contributed by atoms with Crippen LogP contribution in [0.5, 0.6) is 0 Å². The lowest BCUT2D eigenvalue weighted by Crippen LogP contribution is -2.33. The zero-order chi connectivity index (χ0) is 11.8. The van der Waals surface area contributed by atoms with Crippen LogP contribution in [0.4, 0.5) is 0 Å². The van der Waals surface area contributed by atoms with Crippen LogP contribution in [0.25, 0.3) is 0 Å². The van der Waals surface area contributed by atoms with Crippen LogP contribution in [0, 0.1) is 0 Å². The maximum atomic E-state index is 3.73. The van der Waals surface area contributed by atoms with Gasteiger partial charge in [0.15, 0.2) is 0 Å². The van der Waals surface area contributed by atoms with E-state index in [0.29, 0.717) is 6.04 Å². The summed E-state index contributed by atoms with van der Waals surface area (Å²) < 4.78 is 0. The lowest BCUT2D eigenvalue weighted by Gasteiger charge is -2.22. The number of nitrogens with one attached hydrogen (secondary N) is 1. The Morgan fingerprint density at radius 1 is 1.12 bits per heavy atom. The third-order valence-corrected chi connectivity index (χ3v) is 3.86. The number of hydrogen-bond donors (Lipinski definition) is 1. The summed E-state index contributed by atoms with van der Waals surface area (Å²) in [6.45, 7) is 6.94. The predicted octanol–water partition coefficient (Wildman–Crippen LogP) is 3.03. The summed E-state index contributed by atoms with van der Waals surface area (Å²) in [6.07, 6.45) is 9.86. The molecule has 96 valence electrons. The van der Waals surface area contributed by atoms with Crippen LogP contribution >= 0.6 is 0 Å². The summed E-state index contributed by atoms with van der Waals surface area (Å²) in [7, 11) is 2.22. The van der Waals surface area contributed by atoms with Crippen molar-refractivity contribution < 1.29 is 0 Å². The molecule has 1 aliphatic carbocycles. The molecule has 1 fully saturated rings. The highest BCUT2D eigenvalue weighted by Gasteiger charge is 2.11. The van der Waals surface area contributed by atoms with Gasteiger partial charge in [0.25, 0.3) is 0 Å². The van der Waals surface area contributed by atoms with Crippen molar-refractivity contribution in [1.29, 1.82) is 0 Å². The summed E-state index contributed by atoms with van der Waals surface area (Å²) in [5, 5.41) is 3.73. The van der Waals surface area contributed by atoms with Crippen LogP contribution in [0.3, 0.4) is 0 Å². The second kappa shape index (κ2) is 8.08. The van der Waals surface area contributed by atoms with Crippen LogP contribution in [-0.2, 0) is 0 Å².